The Morgan fingerprint density at radius 1 is 1.52 bits per heavy atom. The highest BCUT2D eigenvalue weighted by Crippen LogP contribution is 2.20. The van der Waals surface area contributed by atoms with Crippen molar-refractivity contribution in [3.05, 3.63) is 23.9 Å². The van der Waals surface area contributed by atoms with Crippen molar-refractivity contribution in [2.45, 2.75) is 12.6 Å². The largest absolute Gasteiger partial charge is 0.467 e. The van der Waals surface area contributed by atoms with E-state index < -0.39 is 18.7 Å². The van der Waals surface area contributed by atoms with E-state index in [0.717, 1.165) is 6.42 Å². The van der Waals surface area contributed by atoms with Crippen molar-refractivity contribution in [1.82, 2.24) is 10.3 Å². The molecule has 1 amide bonds. The molecule has 0 radical (unpaired) electrons. The number of alkyl halides is 3. The van der Waals surface area contributed by atoms with Crippen LogP contribution < -0.4 is 10.1 Å². The minimum Gasteiger partial charge on any atom is -0.467 e. The molecule has 0 spiro atoms. The van der Waals surface area contributed by atoms with E-state index in [-0.39, 0.29) is 17.4 Å². The van der Waals surface area contributed by atoms with E-state index in [9.17, 15) is 18.0 Å². The summed E-state index contributed by atoms with van der Waals surface area (Å²) in [4.78, 5) is 15.7. The predicted molar refractivity (Wildman–Crippen MR) is 67.0 cm³/mol. The van der Waals surface area contributed by atoms with E-state index in [1.807, 2.05) is 0 Å². The van der Waals surface area contributed by atoms with Crippen molar-refractivity contribution in [2.75, 3.05) is 26.4 Å². The number of halogens is 3. The zero-order valence-corrected chi connectivity index (χ0v) is 11.2. The molecular weight excluding hydrogens is 289 g/mol. The lowest BCUT2D eigenvalue weighted by Gasteiger charge is -2.13. The van der Waals surface area contributed by atoms with Gasteiger partial charge in [0.1, 0.15) is 5.56 Å². The lowest BCUT2D eigenvalue weighted by Crippen LogP contribution is -2.30. The van der Waals surface area contributed by atoms with Crippen LogP contribution in [-0.4, -0.2) is 43.4 Å². The third kappa shape index (κ3) is 4.89. The van der Waals surface area contributed by atoms with Crippen molar-refractivity contribution in [1.29, 1.82) is 0 Å². The molecule has 0 aliphatic carbocycles. The summed E-state index contributed by atoms with van der Waals surface area (Å²) in [6.07, 6.45) is -2.36. The first-order valence-electron chi connectivity index (χ1n) is 6.46. The van der Waals surface area contributed by atoms with Crippen LogP contribution in [0.4, 0.5) is 13.2 Å². The van der Waals surface area contributed by atoms with Crippen LogP contribution in [0.5, 0.6) is 5.88 Å². The topological polar surface area (TPSA) is 60.5 Å². The summed E-state index contributed by atoms with van der Waals surface area (Å²) < 4.78 is 46.2. The van der Waals surface area contributed by atoms with Crippen LogP contribution in [-0.2, 0) is 4.74 Å². The van der Waals surface area contributed by atoms with Gasteiger partial charge in [-0.3, -0.25) is 4.79 Å². The summed E-state index contributed by atoms with van der Waals surface area (Å²) in [6.45, 7) is 0.158. The van der Waals surface area contributed by atoms with Crippen molar-refractivity contribution >= 4 is 5.91 Å². The SMILES string of the molecule is O=C(NCC1CCOC1)c1cccnc1OCC(F)(F)F. The molecule has 1 aliphatic rings. The van der Waals surface area contributed by atoms with Crippen LogP contribution in [0.15, 0.2) is 18.3 Å². The first-order chi connectivity index (χ1) is 9.96. The van der Waals surface area contributed by atoms with Gasteiger partial charge in [0, 0.05) is 25.3 Å². The average molecular weight is 304 g/mol. The Hall–Kier alpha value is -1.83. The number of nitrogens with zero attached hydrogens (tertiary/aromatic N) is 1. The minimum atomic E-state index is -4.48. The molecule has 5 nitrogen and oxygen atoms in total. The van der Waals surface area contributed by atoms with Crippen LogP contribution in [0, 0.1) is 5.92 Å². The van der Waals surface area contributed by atoms with E-state index in [0.29, 0.717) is 19.8 Å². The lowest BCUT2D eigenvalue weighted by atomic mass is 10.1. The smallest absolute Gasteiger partial charge is 0.422 e. The van der Waals surface area contributed by atoms with Crippen LogP contribution >= 0.6 is 0 Å². The number of pyridine rings is 1. The number of hydrogen-bond acceptors (Lipinski definition) is 4. The molecule has 21 heavy (non-hydrogen) atoms. The van der Waals surface area contributed by atoms with Crippen LogP contribution in [0.25, 0.3) is 0 Å². The van der Waals surface area contributed by atoms with Crippen molar-refractivity contribution < 1.29 is 27.4 Å². The van der Waals surface area contributed by atoms with Gasteiger partial charge in [-0.2, -0.15) is 13.2 Å². The maximum absolute atomic E-state index is 12.2. The number of hydrogen-bond donors (Lipinski definition) is 1. The van der Waals surface area contributed by atoms with Gasteiger partial charge in [-0.25, -0.2) is 4.98 Å². The Labute approximate surface area is 119 Å². The van der Waals surface area contributed by atoms with Gasteiger partial charge in [0.05, 0.1) is 6.61 Å². The molecule has 0 aromatic carbocycles. The summed E-state index contributed by atoms with van der Waals surface area (Å²) in [6, 6.07) is 2.84. The molecule has 1 aromatic rings. The monoisotopic (exact) mass is 304 g/mol. The normalized spacial score (nSPS) is 18.5. The third-order valence-electron chi connectivity index (χ3n) is 2.96. The van der Waals surface area contributed by atoms with Crippen molar-refractivity contribution in [3.8, 4) is 5.88 Å². The minimum absolute atomic E-state index is 0.0133. The van der Waals surface area contributed by atoms with Crippen molar-refractivity contribution in [2.24, 2.45) is 5.92 Å². The first kappa shape index (κ1) is 15.6. The van der Waals surface area contributed by atoms with Gasteiger partial charge in [-0.15, -0.1) is 0 Å². The molecule has 1 aliphatic heterocycles. The molecule has 8 heteroatoms. The van der Waals surface area contributed by atoms with Crippen molar-refractivity contribution in [3.63, 3.8) is 0 Å². The molecular formula is C13H15F3N2O3. The predicted octanol–water partition coefficient (Wildman–Crippen LogP) is 1.79. The third-order valence-corrected chi connectivity index (χ3v) is 2.96. The maximum Gasteiger partial charge on any atom is 0.422 e. The number of amides is 1. The molecule has 2 heterocycles. The van der Waals surface area contributed by atoms with Crippen LogP contribution in [0.3, 0.4) is 0 Å². The van der Waals surface area contributed by atoms with Gasteiger partial charge < -0.3 is 14.8 Å². The molecule has 0 bridgehead atoms. The summed E-state index contributed by atoms with van der Waals surface area (Å²) in [5, 5.41) is 2.66. The molecule has 1 fully saturated rings. The quantitative estimate of drug-likeness (QED) is 0.901. The van der Waals surface area contributed by atoms with Crippen LogP contribution in [0.1, 0.15) is 16.8 Å². The summed E-state index contributed by atoms with van der Waals surface area (Å²) in [5.41, 5.74) is -0.0133. The lowest BCUT2D eigenvalue weighted by molar-refractivity contribution is -0.154. The Morgan fingerprint density at radius 3 is 3.00 bits per heavy atom. The number of carbonyl (C=O) groups excluding carboxylic acids is 1. The maximum atomic E-state index is 12.2. The number of aromatic nitrogens is 1. The molecule has 1 saturated heterocycles. The Morgan fingerprint density at radius 2 is 2.33 bits per heavy atom. The van der Waals surface area contributed by atoms with Gasteiger partial charge in [-0.05, 0) is 18.6 Å². The van der Waals surface area contributed by atoms with Crippen LogP contribution in [0.2, 0.25) is 0 Å². The summed E-state index contributed by atoms with van der Waals surface area (Å²) in [7, 11) is 0. The van der Waals surface area contributed by atoms with E-state index >= 15 is 0 Å². The highest BCUT2D eigenvalue weighted by molar-refractivity contribution is 5.96. The Kier molecular flexibility index (Phi) is 5.00. The van der Waals surface area contributed by atoms with Gasteiger partial charge in [0.2, 0.25) is 5.88 Å². The number of rotatable bonds is 5. The second-order valence-electron chi connectivity index (χ2n) is 4.70. The molecule has 1 aromatic heterocycles. The molecule has 1 N–H and O–H groups in total. The van der Waals surface area contributed by atoms with Gasteiger partial charge in [0.25, 0.3) is 5.91 Å². The van der Waals surface area contributed by atoms with E-state index in [1.54, 1.807) is 0 Å². The zero-order chi connectivity index (χ0) is 15.3. The number of nitrogens with one attached hydrogen (secondary N) is 1. The highest BCUT2D eigenvalue weighted by atomic mass is 19.4. The average Bonchev–Trinajstić information content (AvgIpc) is 2.95. The van der Waals surface area contributed by atoms with E-state index in [1.165, 1.54) is 18.3 Å². The highest BCUT2D eigenvalue weighted by Gasteiger charge is 2.29. The van der Waals surface area contributed by atoms with Gasteiger partial charge >= 0.3 is 6.18 Å². The Bertz CT molecular complexity index is 488. The van der Waals surface area contributed by atoms with Gasteiger partial charge in [0.15, 0.2) is 6.61 Å². The fourth-order valence-electron chi connectivity index (χ4n) is 1.91. The fraction of sp³-hybridized carbons (Fsp3) is 0.538. The molecule has 2 rings (SSSR count). The standard InChI is InChI=1S/C13H15F3N2O3/c14-13(15,16)8-21-12-10(2-1-4-17-12)11(19)18-6-9-3-5-20-7-9/h1-2,4,9H,3,5-8H2,(H,18,19). The summed E-state index contributed by atoms with van der Waals surface area (Å²) >= 11 is 0. The van der Waals surface area contributed by atoms with E-state index in [2.05, 4.69) is 15.0 Å². The number of ether oxygens (including phenoxy) is 2. The van der Waals surface area contributed by atoms with E-state index in [4.69, 9.17) is 4.74 Å². The Balaban J connectivity index is 1.95. The molecule has 1 atom stereocenters. The molecule has 116 valence electrons. The second kappa shape index (κ2) is 6.75. The fourth-order valence-corrected chi connectivity index (χ4v) is 1.91. The molecule has 0 saturated carbocycles. The summed E-state index contributed by atoms with van der Waals surface area (Å²) in [5.74, 6) is -0.604. The molecule has 1 unspecified atom stereocenters. The number of carbonyl (C=O) groups is 1. The van der Waals surface area contributed by atoms with Gasteiger partial charge in [-0.1, -0.05) is 0 Å². The first-order valence-corrected chi connectivity index (χ1v) is 6.46. The zero-order valence-electron chi connectivity index (χ0n) is 11.2. The second-order valence-corrected chi connectivity index (χ2v) is 4.70.